The number of hydrogen-bond donors (Lipinski definition) is 0. The summed E-state index contributed by atoms with van der Waals surface area (Å²) in [4.78, 5) is 5.19. The first-order chi connectivity index (χ1) is 14.0. The van der Waals surface area contributed by atoms with Crippen LogP contribution in [0.25, 0.3) is 27.2 Å². The molecule has 0 N–H and O–H groups in total. The Morgan fingerprint density at radius 3 is 2.17 bits per heavy atom. The van der Waals surface area contributed by atoms with Crippen molar-refractivity contribution >= 4 is 37.1 Å². The van der Waals surface area contributed by atoms with Crippen LogP contribution in [0.5, 0.6) is 0 Å². The van der Waals surface area contributed by atoms with Gasteiger partial charge in [0, 0.05) is 16.2 Å². The molecule has 0 aliphatic carbocycles. The average Bonchev–Trinajstić information content (AvgIpc) is 2.73. The molecular formula is C25H23NO2S. The fraction of sp³-hybridized carbons (Fsp3) is 0.160. The third kappa shape index (κ3) is 3.81. The number of benzene rings is 3. The molecule has 146 valence electrons. The number of nitrogens with zero attached hydrogens (tertiary/aromatic N) is 1. The summed E-state index contributed by atoms with van der Waals surface area (Å²) in [6.45, 7) is 4.00. The molecule has 1 aromatic heterocycles. The standard InChI is InChI=1S/C25H23NO2S/c1-3-8-19(17-29(27,28)20-15-13-18(2)14-16-20)25-23-11-5-4-9-21(23)22-10-6-7-12-24(22)26-25/h4-7,9-17H,3,8H2,1-2H3/b19-17+. The predicted molar refractivity (Wildman–Crippen MR) is 120 cm³/mol. The number of fused-ring (bicyclic) bond motifs is 3. The number of allylic oxidation sites excluding steroid dienone is 1. The minimum absolute atomic E-state index is 0.307. The van der Waals surface area contributed by atoms with E-state index >= 15 is 0 Å². The van der Waals surface area contributed by atoms with Crippen LogP contribution in [0.3, 0.4) is 0 Å². The summed E-state index contributed by atoms with van der Waals surface area (Å²) in [6.07, 6.45) is 1.47. The van der Waals surface area contributed by atoms with E-state index in [-0.39, 0.29) is 0 Å². The van der Waals surface area contributed by atoms with Crippen molar-refractivity contribution in [2.24, 2.45) is 0 Å². The Morgan fingerprint density at radius 1 is 0.862 bits per heavy atom. The molecule has 0 aliphatic rings. The van der Waals surface area contributed by atoms with Gasteiger partial charge in [-0.25, -0.2) is 13.4 Å². The third-order valence-electron chi connectivity index (χ3n) is 5.08. The second kappa shape index (κ2) is 7.80. The van der Waals surface area contributed by atoms with E-state index in [2.05, 4.69) is 19.1 Å². The Morgan fingerprint density at radius 2 is 1.48 bits per heavy atom. The van der Waals surface area contributed by atoms with Gasteiger partial charge in [-0.3, -0.25) is 0 Å². The summed E-state index contributed by atoms with van der Waals surface area (Å²) in [7, 11) is -3.57. The maximum absolute atomic E-state index is 13.1. The topological polar surface area (TPSA) is 47.0 Å². The van der Waals surface area contributed by atoms with Crippen LogP contribution in [-0.2, 0) is 9.84 Å². The number of pyridine rings is 1. The summed E-state index contributed by atoms with van der Waals surface area (Å²) in [5, 5.41) is 4.54. The normalized spacial score (nSPS) is 12.6. The zero-order chi connectivity index (χ0) is 20.4. The van der Waals surface area contributed by atoms with E-state index in [1.807, 2.05) is 55.5 Å². The zero-order valence-electron chi connectivity index (χ0n) is 16.6. The molecule has 3 aromatic carbocycles. The molecule has 0 amide bonds. The Kier molecular flexibility index (Phi) is 5.20. The first kappa shape index (κ1) is 19.3. The number of sulfone groups is 1. The van der Waals surface area contributed by atoms with Gasteiger partial charge in [0.1, 0.15) is 0 Å². The van der Waals surface area contributed by atoms with Gasteiger partial charge in [0.15, 0.2) is 9.84 Å². The van der Waals surface area contributed by atoms with Gasteiger partial charge >= 0.3 is 0 Å². The molecule has 3 nitrogen and oxygen atoms in total. The molecule has 0 radical (unpaired) electrons. The van der Waals surface area contributed by atoms with Gasteiger partial charge in [-0.15, -0.1) is 0 Å². The van der Waals surface area contributed by atoms with Crippen LogP contribution in [0.1, 0.15) is 31.0 Å². The first-order valence-electron chi connectivity index (χ1n) is 9.80. The lowest BCUT2D eigenvalue weighted by molar-refractivity contribution is 0.604. The molecule has 4 rings (SSSR count). The lowest BCUT2D eigenvalue weighted by Crippen LogP contribution is -2.01. The number of rotatable bonds is 5. The Bertz CT molecular complexity index is 1320. The van der Waals surface area contributed by atoms with Crippen LogP contribution in [0.4, 0.5) is 0 Å². The van der Waals surface area contributed by atoms with Gasteiger partial charge < -0.3 is 0 Å². The predicted octanol–water partition coefficient (Wildman–Crippen LogP) is 6.31. The summed E-state index contributed by atoms with van der Waals surface area (Å²) < 4.78 is 26.2. The van der Waals surface area contributed by atoms with Crippen molar-refractivity contribution < 1.29 is 8.42 Å². The fourth-order valence-corrected chi connectivity index (χ4v) is 4.89. The smallest absolute Gasteiger partial charge is 0.200 e. The van der Waals surface area contributed by atoms with Gasteiger partial charge in [-0.05, 0) is 42.5 Å². The van der Waals surface area contributed by atoms with E-state index < -0.39 is 9.84 Å². The van der Waals surface area contributed by atoms with Crippen molar-refractivity contribution in [2.45, 2.75) is 31.6 Å². The molecule has 4 heteroatoms. The molecule has 0 saturated carbocycles. The van der Waals surface area contributed by atoms with E-state index in [0.717, 1.165) is 44.9 Å². The van der Waals surface area contributed by atoms with Gasteiger partial charge in [0.05, 0.1) is 16.1 Å². The van der Waals surface area contributed by atoms with Crippen molar-refractivity contribution in [2.75, 3.05) is 0 Å². The monoisotopic (exact) mass is 401 g/mol. The van der Waals surface area contributed by atoms with Crippen LogP contribution < -0.4 is 0 Å². The SMILES string of the molecule is CCC/C(=C\S(=O)(=O)c1ccc(C)cc1)c1nc2ccccc2c2ccccc12. The molecule has 0 aliphatic heterocycles. The Labute approximate surface area is 171 Å². The number of para-hydroxylation sites is 1. The van der Waals surface area contributed by atoms with E-state index in [1.165, 1.54) is 5.41 Å². The highest BCUT2D eigenvalue weighted by Crippen LogP contribution is 2.32. The van der Waals surface area contributed by atoms with Crippen molar-refractivity contribution in [3.8, 4) is 0 Å². The highest BCUT2D eigenvalue weighted by Gasteiger charge is 2.17. The van der Waals surface area contributed by atoms with Crippen LogP contribution in [0.2, 0.25) is 0 Å². The molecule has 0 bridgehead atoms. The zero-order valence-corrected chi connectivity index (χ0v) is 17.4. The van der Waals surface area contributed by atoms with Crippen molar-refractivity contribution in [1.82, 2.24) is 4.98 Å². The van der Waals surface area contributed by atoms with E-state index in [1.54, 1.807) is 12.1 Å². The summed E-state index contributed by atoms with van der Waals surface area (Å²) in [5.41, 5.74) is 3.40. The minimum Gasteiger partial charge on any atom is -0.247 e. The maximum Gasteiger partial charge on any atom is 0.200 e. The van der Waals surface area contributed by atoms with Crippen LogP contribution >= 0.6 is 0 Å². The fourth-order valence-electron chi connectivity index (χ4n) is 3.63. The molecule has 0 atom stereocenters. The molecule has 29 heavy (non-hydrogen) atoms. The average molecular weight is 402 g/mol. The van der Waals surface area contributed by atoms with Gasteiger partial charge in [-0.1, -0.05) is 73.5 Å². The third-order valence-corrected chi connectivity index (χ3v) is 6.60. The van der Waals surface area contributed by atoms with Crippen LogP contribution in [-0.4, -0.2) is 13.4 Å². The lowest BCUT2D eigenvalue weighted by atomic mass is 9.99. The van der Waals surface area contributed by atoms with E-state index in [4.69, 9.17) is 4.98 Å². The van der Waals surface area contributed by atoms with E-state index in [9.17, 15) is 8.42 Å². The first-order valence-corrected chi connectivity index (χ1v) is 11.3. The van der Waals surface area contributed by atoms with Crippen molar-refractivity contribution in [1.29, 1.82) is 0 Å². The van der Waals surface area contributed by atoms with Crippen molar-refractivity contribution in [3.05, 3.63) is 89.5 Å². The van der Waals surface area contributed by atoms with Crippen LogP contribution in [0.15, 0.2) is 83.1 Å². The van der Waals surface area contributed by atoms with Gasteiger partial charge in [0.25, 0.3) is 0 Å². The van der Waals surface area contributed by atoms with Gasteiger partial charge in [0.2, 0.25) is 0 Å². The highest BCUT2D eigenvalue weighted by atomic mass is 32.2. The number of aryl methyl sites for hydroxylation is 1. The molecule has 0 unspecified atom stereocenters. The van der Waals surface area contributed by atoms with E-state index in [0.29, 0.717) is 11.3 Å². The van der Waals surface area contributed by atoms with Crippen molar-refractivity contribution in [3.63, 3.8) is 0 Å². The number of aromatic nitrogens is 1. The molecule has 4 aromatic rings. The largest absolute Gasteiger partial charge is 0.247 e. The quantitative estimate of drug-likeness (QED) is 0.368. The maximum atomic E-state index is 13.1. The highest BCUT2D eigenvalue weighted by molar-refractivity contribution is 7.94. The summed E-state index contributed by atoms with van der Waals surface area (Å²) in [5.74, 6) is 0. The lowest BCUT2D eigenvalue weighted by Gasteiger charge is -2.13. The summed E-state index contributed by atoms with van der Waals surface area (Å²) in [6, 6.07) is 23.0. The molecule has 0 spiro atoms. The second-order valence-corrected chi connectivity index (χ2v) is 9.07. The minimum atomic E-state index is -3.57. The Balaban J connectivity index is 1.97. The van der Waals surface area contributed by atoms with Gasteiger partial charge in [-0.2, -0.15) is 0 Å². The molecule has 0 fully saturated rings. The Hall–Kier alpha value is -2.98. The summed E-state index contributed by atoms with van der Waals surface area (Å²) >= 11 is 0. The van der Waals surface area contributed by atoms with Crippen LogP contribution in [0, 0.1) is 6.92 Å². The molecule has 1 heterocycles. The molecule has 0 saturated heterocycles. The molecular weight excluding hydrogens is 378 g/mol. The number of hydrogen-bond acceptors (Lipinski definition) is 3. The second-order valence-electron chi connectivity index (χ2n) is 7.27.